The van der Waals surface area contributed by atoms with Gasteiger partial charge in [0.25, 0.3) is 0 Å². The second-order valence-electron chi connectivity index (χ2n) is 13.3. The van der Waals surface area contributed by atoms with Crippen molar-refractivity contribution in [2.45, 2.75) is 29.8 Å². The molecule has 0 aliphatic carbocycles. The Hall–Kier alpha value is -5.77. The molecular formula is C42H31Cl2N5O4. The van der Waals surface area contributed by atoms with Crippen LogP contribution < -0.4 is 0 Å². The van der Waals surface area contributed by atoms with Gasteiger partial charge in [0.2, 0.25) is 5.91 Å². The molecule has 0 bridgehead atoms. The van der Waals surface area contributed by atoms with Crippen LogP contribution in [0.1, 0.15) is 67.7 Å². The maximum atomic E-state index is 15.9. The van der Waals surface area contributed by atoms with E-state index in [2.05, 4.69) is 9.97 Å². The molecule has 0 unspecified atom stereocenters. The van der Waals surface area contributed by atoms with Crippen molar-refractivity contribution in [3.05, 3.63) is 184 Å². The van der Waals surface area contributed by atoms with Gasteiger partial charge in [0.05, 0.1) is 40.6 Å². The maximum Gasteiger partial charge on any atom is 0.235 e. The van der Waals surface area contributed by atoms with E-state index < -0.39 is 46.9 Å². The Labute approximate surface area is 315 Å². The second-order valence-corrected chi connectivity index (χ2v) is 14.2. The van der Waals surface area contributed by atoms with Crippen molar-refractivity contribution in [1.29, 1.82) is 0 Å². The average molecular weight is 741 g/mol. The number of carbonyl (C=O) groups is 3. The first-order valence-electron chi connectivity index (χ1n) is 17.1. The van der Waals surface area contributed by atoms with Crippen molar-refractivity contribution >= 4 is 40.7 Å². The number of hydrogen-bond acceptors (Lipinski definition) is 8. The van der Waals surface area contributed by atoms with Crippen molar-refractivity contribution < 1.29 is 19.5 Å². The van der Waals surface area contributed by atoms with Gasteiger partial charge in [-0.05, 0) is 78.2 Å². The van der Waals surface area contributed by atoms with Gasteiger partial charge in [-0.1, -0.05) is 71.7 Å². The van der Waals surface area contributed by atoms with E-state index in [-0.39, 0.29) is 29.2 Å². The van der Waals surface area contributed by atoms with E-state index in [4.69, 9.17) is 33.2 Å². The number of hydrogen-bond donors (Lipinski definition) is 1. The van der Waals surface area contributed by atoms with Crippen LogP contribution in [-0.4, -0.2) is 47.4 Å². The third kappa shape index (κ3) is 5.86. The summed E-state index contributed by atoms with van der Waals surface area (Å²) in [5.74, 6) is -5.44. The zero-order chi connectivity index (χ0) is 36.7. The Kier molecular flexibility index (Phi) is 9.06. The number of aromatic hydroxyl groups is 1. The monoisotopic (exact) mass is 739 g/mol. The third-order valence-corrected chi connectivity index (χ3v) is 11.1. The van der Waals surface area contributed by atoms with E-state index in [0.29, 0.717) is 27.0 Å². The van der Waals surface area contributed by atoms with Crippen molar-refractivity contribution in [1.82, 2.24) is 24.8 Å². The van der Waals surface area contributed by atoms with Crippen LogP contribution in [0.2, 0.25) is 10.0 Å². The Morgan fingerprint density at radius 3 is 2.00 bits per heavy atom. The minimum atomic E-state index is -1.45. The summed E-state index contributed by atoms with van der Waals surface area (Å²) in [5, 5.41) is 11.9. The quantitative estimate of drug-likeness (QED) is 0.123. The molecule has 9 nitrogen and oxygen atoms in total. The molecule has 1 N–H and O–H groups in total. The second kappa shape index (κ2) is 14.0. The number of amides is 1. The minimum Gasteiger partial charge on any atom is -0.507 e. The summed E-state index contributed by atoms with van der Waals surface area (Å²) < 4.78 is 0. The molecule has 3 aromatic carbocycles. The highest BCUT2D eigenvalue weighted by molar-refractivity contribution is 6.30. The van der Waals surface area contributed by atoms with E-state index >= 15 is 9.59 Å². The standard InChI is InChI=1S/C42H31Cl2N5O4/c43-27-15-11-25(12-16-27)30-23-42(34-10-4-6-20-48-34)37(40(52)31-8-3-5-19-46-31)35(26-13-17-28(44)18-14-26)38(32-24-45-21-22-47-32)49(42)41(53)36(30)39(51)29-7-1-2-9-33(29)50/h1-22,24,30,35-38,50H,23H2/t30-,35+,36+,37-,38-,42+/m1/s1. The van der Waals surface area contributed by atoms with Crippen molar-refractivity contribution in [2.24, 2.45) is 11.8 Å². The number of nitrogens with zero attached hydrogens (tertiary/aromatic N) is 5. The largest absolute Gasteiger partial charge is 0.507 e. The lowest BCUT2D eigenvalue weighted by Gasteiger charge is -2.51. The van der Waals surface area contributed by atoms with Gasteiger partial charge in [0.1, 0.15) is 17.4 Å². The molecule has 5 heterocycles. The fraction of sp³-hybridized carbons (Fsp3) is 0.167. The molecule has 6 atom stereocenters. The van der Waals surface area contributed by atoms with Gasteiger partial charge in [-0.2, -0.15) is 0 Å². The van der Waals surface area contributed by atoms with Gasteiger partial charge in [-0.3, -0.25) is 34.3 Å². The predicted octanol–water partition coefficient (Wildman–Crippen LogP) is 8.03. The lowest BCUT2D eigenvalue weighted by atomic mass is 9.62. The molecule has 53 heavy (non-hydrogen) atoms. The van der Waals surface area contributed by atoms with Crippen LogP contribution in [0, 0.1) is 11.8 Å². The smallest absolute Gasteiger partial charge is 0.235 e. The maximum absolute atomic E-state index is 15.9. The normalized spacial score (nSPS) is 23.7. The molecule has 8 rings (SSSR count). The van der Waals surface area contributed by atoms with Crippen molar-refractivity contribution in [2.75, 3.05) is 0 Å². The van der Waals surface area contributed by atoms with Crippen LogP contribution in [-0.2, 0) is 10.3 Å². The summed E-state index contributed by atoms with van der Waals surface area (Å²) >= 11 is 12.8. The van der Waals surface area contributed by atoms with Gasteiger partial charge >= 0.3 is 0 Å². The number of carbonyl (C=O) groups excluding carboxylic acids is 3. The Morgan fingerprint density at radius 1 is 0.717 bits per heavy atom. The number of rotatable bonds is 8. The minimum absolute atomic E-state index is 0.0146. The highest BCUT2D eigenvalue weighted by atomic mass is 35.5. The molecule has 6 aromatic rings. The van der Waals surface area contributed by atoms with Crippen LogP contribution in [0.4, 0.5) is 0 Å². The van der Waals surface area contributed by atoms with Crippen LogP contribution in [0.25, 0.3) is 0 Å². The topological polar surface area (TPSA) is 126 Å². The van der Waals surface area contributed by atoms with Gasteiger partial charge in [-0.15, -0.1) is 0 Å². The molecule has 0 spiro atoms. The number of fused-ring (bicyclic) bond motifs is 1. The van der Waals surface area contributed by atoms with E-state index in [1.165, 1.54) is 18.3 Å². The van der Waals surface area contributed by atoms with Gasteiger partial charge in [0, 0.05) is 46.7 Å². The first-order valence-corrected chi connectivity index (χ1v) is 17.8. The Balaban J connectivity index is 1.47. The summed E-state index contributed by atoms with van der Waals surface area (Å²) in [6.07, 6.45) is 7.97. The molecule has 0 saturated carbocycles. The van der Waals surface area contributed by atoms with E-state index in [9.17, 15) is 9.90 Å². The molecule has 11 heteroatoms. The molecule has 2 fully saturated rings. The molecule has 2 aliphatic heterocycles. The summed E-state index contributed by atoms with van der Waals surface area (Å²) in [6, 6.07) is 30.1. The zero-order valence-corrected chi connectivity index (χ0v) is 29.5. The van der Waals surface area contributed by atoms with Gasteiger partial charge in [0.15, 0.2) is 11.6 Å². The molecule has 0 radical (unpaired) electrons. The number of aromatic nitrogens is 4. The van der Waals surface area contributed by atoms with Crippen LogP contribution >= 0.6 is 23.2 Å². The molecule has 2 saturated heterocycles. The molecule has 262 valence electrons. The van der Waals surface area contributed by atoms with Crippen LogP contribution in [0.15, 0.2) is 140 Å². The Bertz CT molecular complexity index is 2300. The van der Waals surface area contributed by atoms with Crippen molar-refractivity contribution in [3.63, 3.8) is 0 Å². The zero-order valence-electron chi connectivity index (χ0n) is 28.0. The fourth-order valence-corrected chi connectivity index (χ4v) is 8.68. The summed E-state index contributed by atoms with van der Waals surface area (Å²) in [7, 11) is 0. The van der Waals surface area contributed by atoms with E-state index in [1.54, 1.807) is 102 Å². The SMILES string of the molecule is O=C(c1ccccc1O)[C@H]1C(=O)N2[C@H](c3cnccn3)[C@@H](c3ccc(Cl)cc3)[C@H](C(=O)c3ccccn3)[C@@]2(c2ccccn2)C[C@@H]1c1ccc(Cl)cc1. The number of ketones is 2. The van der Waals surface area contributed by atoms with Gasteiger partial charge in [-0.25, -0.2) is 0 Å². The summed E-state index contributed by atoms with van der Waals surface area (Å²) in [4.78, 5) is 66.2. The van der Waals surface area contributed by atoms with Crippen LogP contribution in [0.5, 0.6) is 5.75 Å². The lowest BCUT2D eigenvalue weighted by molar-refractivity contribution is -0.149. The predicted molar refractivity (Wildman–Crippen MR) is 199 cm³/mol. The number of benzene rings is 3. The Morgan fingerprint density at radius 2 is 1.38 bits per heavy atom. The number of Topliss-reactive ketones (excluding diaryl/α,β-unsaturated/α-hetero) is 2. The molecular weight excluding hydrogens is 709 g/mol. The first-order chi connectivity index (χ1) is 25.8. The number of phenolic OH excluding ortho intramolecular Hbond substituents is 1. The summed E-state index contributed by atoms with van der Waals surface area (Å²) in [5.41, 5.74) is 1.08. The third-order valence-electron chi connectivity index (χ3n) is 10.6. The molecule has 2 aliphatic rings. The van der Waals surface area contributed by atoms with Crippen molar-refractivity contribution in [3.8, 4) is 5.75 Å². The van der Waals surface area contributed by atoms with E-state index in [1.807, 2.05) is 24.3 Å². The number of pyridine rings is 2. The number of phenols is 1. The number of halogens is 2. The number of para-hydroxylation sites is 1. The fourth-order valence-electron chi connectivity index (χ4n) is 8.43. The highest BCUT2D eigenvalue weighted by Gasteiger charge is 2.70. The van der Waals surface area contributed by atoms with Crippen LogP contribution in [0.3, 0.4) is 0 Å². The lowest BCUT2D eigenvalue weighted by Crippen LogP contribution is -2.59. The number of piperidine rings is 1. The van der Waals surface area contributed by atoms with Gasteiger partial charge < -0.3 is 10.0 Å². The molecule has 3 aromatic heterocycles. The molecule has 1 amide bonds. The average Bonchev–Trinajstić information content (AvgIpc) is 3.51. The highest BCUT2D eigenvalue weighted by Crippen LogP contribution is 2.65. The first kappa shape index (κ1) is 34.3. The summed E-state index contributed by atoms with van der Waals surface area (Å²) in [6.45, 7) is 0. The van der Waals surface area contributed by atoms with E-state index in [0.717, 1.165) is 5.56 Å².